The molecular formula is C30H35F2N7. The van der Waals surface area contributed by atoms with Gasteiger partial charge in [-0.25, -0.2) is 23.7 Å². The number of imidazole rings is 1. The minimum absolute atomic E-state index is 0.0964. The van der Waals surface area contributed by atoms with Crippen LogP contribution in [0.5, 0.6) is 0 Å². The molecule has 2 aliphatic heterocycles. The fourth-order valence-corrected chi connectivity index (χ4v) is 6.27. The second-order valence-corrected chi connectivity index (χ2v) is 11.7. The molecule has 0 unspecified atom stereocenters. The normalized spacial score (nSPS) is 17.8. The zero-order chi connectivity index (χ0) is 27.3. The van der Waals surface area contributed by atoms with Gasteiger partial charge < -0.3 is 9.47 Å². The molecule has 0 amide bonds. The van der Waals surface area contributed by atoms with E-state index in [2.05, 4.69) is 36.8 Å². The number of hydrogen-bond donors (Lipinski definition) is 0. The molecule has 5 heterocycles. The Kier molecular flexibility index (Phi) is 6.67. The molecule has 7 nitrogen and oxygen atoms in total. The monoisotopic (exact) mass is 531 g/mol. The highest BCUT2D eigenvalue weighted by Crippen LogP contribution is 2.40. The molecule has 4 aromatic rings. The molecule has 1 aromatic carbocycles. The fraction of sp³-hybridized carbons (Fsp3) is 0.467. The summed E-state index contributed by atoms with van der Waals surface area (Å²) < 4.78 is 31.9. The summed E-state index contributed by atoms with van der Waals surface area (Å²) >= 11 is 0. The van der Waals surface area contributed by atoms with Gasteiger partial charge in [0, 0.05) is 54.9 Å². The van der Waals surface area contributed by atoms with Crippen molar-refractivity contribution in [2.45, 2.75) is 52.6 Å². The Labute approximate surface area is 227 Å². The van der Waals surface area contributed by atoms with E-state index in [4.69, 9.17) is 0 Å². The molecule has 2 saturated heterocycles. The molecule has 3 aromatic heterocycles. The van der Waals surface area contributed by atoms with Crippen molar-refractivity contribution in [1.82, 2.24) is 34.3 Å². The summed E-state index contributed by atoms with van der Waals surface area (Å²) in [6, 6.07) is 4.91. The first-order valence-corrected chi connectivity index (χ1v) is 13.7. The summed E-state index contributed by atoms with van der Waals surface area (Å²) in [5, 5.41) is 0. The lowest BCUT2D eigenvalue weighted by molar-refractivity contribution is -0.0471. The van der Waals surface area contributed by atoms with Gasteiger partial charge in [-0.05, 0) is 82.9 Å². The molecule has 1 spiro atoms. The lowest BCUT2D eigenvalue weighted by Crippen LogP contribution is -2.59. The number of fused-ring (bicyclic) bond motifs is 1. The Morgan fingerprint density at radius 3 is 2.36 bits per heavy atom. The van der Waals surface area contributed by atoms with Gasteiger partial charge in [0.15, 0.2) is 5.82 Å². The third kappa shape index (κ3) is 5.05. The van der Waals surface area contributed by atoms with E-state index in [1.807, 2.05) is 37.7 Å². The lowest BCUT2D eigenvalue weighted by Gasteiger charge is -2.53. The van der Waals surface area contributed by atoms with Crippen molar-refractivity contribution >= 4 is 11.0 Å². The number of aryl methyl sites for hydroxylation is 1. The van der Waals surface area contributed by atoms with E-state index in [0.717, 1.165) is 31.0 Å². The topological polar surface area (TPSA) is 63.0 Å². The first-order chi connectivity index (χ1) is 18.7. The number of hydrogen-bond acceptors (Lipinski definition) is 6. The molecule has 0 bridgehead atoms. The van der Waals surface area contributed by atoms with Crippen molar-refractivity contribution in [3.8, 4) is 11.1 Å². The fourth-order valence-electron chi connectivity index (χ4n) is 6.27. The van der Waals surface area contributed by atoms with Crippen LogP contribution in [-0.2, 0) is 13.0 Å². The number of pyridine rings is 1. The van der Waals surface area contributed by atoms with Gasteiger partial charge in [-0.3, -0.25) is 9.88 Å². The number of aromatic nitrogens is 5. The maximum Gasteiger partial charge on any atom is 0.151 e. The second kappa shape index (κ2) is 10.0. The molecule has 2 fully saturated rings. The van der Waals surface area contributed by atoms with Gasteiger partial charge in [-0.2, -0.15) is 0 Å². The third-order valence-corrected chi connectivity index (χ3v) is 8.33. The molecule has 0 atom stereocenters. The molecule has 0 N–H and O–H groups in total. The van der Waals surface area contributed by atoms with Crippen molar-refractivity contribution in [3.63, 3.8) is 0 Å². The van der Waals surface area contributed by atoms with Gasteiger partial charge in [0.05, 0.1) is 18.1 Å². The van der Waals surface area contributed by atoms with Gasteiger partial charge in [0.1, 0.15) is 23.0 Å². The van der Waals surface area contributed by atoms with Gasteiger partial charge in [0.25, 0.3) is 0 Å². The van der Waals surface area contributed by atoms with Crippen molar-refractivity contribution in [2.24, 2.45) is 5.41 Å². The molecule has 0 aliphatic carbocycles. The number of likely N-dealkylation sites (tertiary alicyclic amines) is 2. The summed E-state index contributed by atoms with van der Waals surface area (Å²) in [6.07, 6.45) is 7.87. The number of rotatable bonds is 6. The van der Waals surface area contributed by atoms with E-state index in [-0.39, 0.29) is 6.04 Å². The SMILES string of the molecule is Cc1nc2c(F)cc(-c3cc(Cc4ncc(CN5CC6(CCN(C)CC6)C5)cn4)ncc3F)cc2n1C(C)C. The van der Waals surface area contributed by atoms with Crippen LogP contribution in [0.2, 0.25) is 0 Å². The van der Waals surface area contributed by atoms with Crippen LogP contribution in [0.1, 0.15) is 55.6 Å². The quantitative estimate of drug-likeness (QED) is 0.342. The summed E-state index contributed by atoms with van der Waals surface area (Å²) in [5.74, 6) is 0.376. The molecule has 0 radical (unpaired) electrons. The Morgan fingerprint density at radius 1 is 0.949 bits per heavy atom. The standard InChI is InChI=1S/C30H35F2N7/c1-19(2)39-20(3)36-29-25(31)9-22(10-27(29)39)24-11-23(33-15-26(24)32)12-28-34-13-21(14-35-28)16-38-17-30(18-38)5-7-37(4)8-6-30/h9-11,13-15,19H,5-8,12,16-18H2,1-4H3. The molecule has 9 heteroatoms. The zero-order valence-corrected chi connectivity index (χ0v) is 23.1. The predicted molar refractivity (Wildman–Crippen MR) is 147 cm³/mol. The predicted octanol–water partition coefficient (Wildman–Crippen LogP) is 5.17. The van der Waals surface area contributed by atoms with Gasteiger partial charge in [-0.1, -0.05) is 0 Å². The maximum absolute atomic E-state index is 15.0. The molecule has 0 saturated carbocycles. The van der Waals surface area contributed by atoms with E-state index in [1.54, 1.807) is 12.1 Å². The number of benzene rings is 1. The van der Waals surface area contributed by atoms with E-state index < -0.39 is 11.6 Å². The average Bonchev–Trinajstić information content (AvgIpc) is 3.23. The van der Waals surface area contributed by atoms with Crippen molar-refractivity contribution in [2.75, 3.05) is 33.2 Å². The summed E-state index contributed by atoms with van der Waals surface area (Å²) in [4.78, 5) is 22.7. The van der Waals surface area contributed by atoms with Gasteiger partial charge >= 0.3 is 0 Å². The largest absolute Gasteiger partial charge is 0.326 e. The van der Waals surface area contributed by atoms with Crippen LogP contribution in [0.15, 0.2) is 36.8 Å². The highest BCUT2D eigenvalue weighted by atomic mass is 19.1. The van der Waals surface area contributed by atoms with Crippen LogP contribution in [0, 0.1) is 24.0 Å². The Hall–Kier alpha value is -3.30. The van der Waals surface area contributed by atoms with E-state index in [1.165, 1.54) is 38.2 Å². The summed E-state index contributed by atoms with van der Waals surface area (Å²) in [6.45, 7) is 11.4. The molecular weight excluding hydrogens is 496 g/mol. The van der Waals surface area contributed by atoms with E-state index in [0.29, 0.717) is 45.5 Å². The molecule has 39 heavy (non-hydrogen) atoms. The average molecular weight is 532 g/mol. The highest BCUT2D eigenvalue weighted by molar-refractivity contribution is 5.83. The number of halogens is 2. The highest BCUT2D eigenvalue weighted by Gasteiger charge is 2.43. The lowest BCUT2D eigenvalue weighted by atomic mass is 9.72. The first kappa shape index (κ1) is 26.0. The zero-order valence-electron chi connectivity index (χ0n) is 23.1. The molecule has 204 valence electrons. The first-order valence-electron chi connectivity index (χ1n) is 13.7. The smallest absolute Gasteiger partial charge is 0.151 e. The minimum atomic E-state index is -0.502. The summed E-state index contributed by atoms with van der Waals surface area (Å²) in [5.41, 5.74) is 3.92. The second-order valence-electron chi connectivity index (χ2n) is 11.7. The molecule has 6 rings (SSSR count). The van der Waals surface area contributed by atoms with Crippen LogP contribution in [-0.4, -0.2) is 67.5 Å². The van der Waals surface area contributed by atoms with Crippen LogP contribution in [0.4, 0.5) is 8.78 Å². The van der Waals surface area contributed by atoms with Gasteiger partial charge in [0.2, 0.25) is 0 Å². The minimum Gasteiger partial charge on any atom is -0.326 e. The van der Waals surface area contributed by atoms with Crippen LogP contribution in [0.3, 0.4) is 0 Å². The number of nitrogens with zero attached hydrogens (tertiary/aromatic N) is 7. The Balaban J connectivity index is 1.16. The van der Waals surface area contributed by atoms with Crippen LogP contribution in [0.25, 0.3) is 22.2 Å². The van der Waals surface area contributed by atoms with E-state index in [9.17, 15) is 4.39 Å². The van der Waals surface area contributed by atoms with Crippen molar-refractivity contribution in [3.05, 3.63) is 71.3 Å². The Morgan fingerprint density at radius 2 is 1.67 bits per heavy atom. The Bertz CT molecular complexity index is 1500. The van der Waals surface area contributed by atoms with Crippen LogP contribution < -0.4 is 0 Å². The maximum atomic E-state index is 15.0. The van der Waals surface area contributed by atoms with E-state index >= 15 is 4.39 Å². The van der Waals surface area contributed by atoms with Crippen molar-refractivity contribution < 1.29 is 8.78 Å². The van der Waals surface area contributed by atoms with Crippen LogP contribution >= 0.6 is 0 Å². The number of piperidine rings is 1. The van der Waals surface area contributed by atoms with Gasteiger partial charge in [-0.15, -0.1) is 0 Å². The summed E-state index contributed by atoms with van der Waals surface area (Å²) in [7, 11) is 2.20. The molecule has 2 aliphatic rings. The third-order valence-electron chi connectivity index (χ3n) is 8.33. The van der Waals surface area contributed by atoms with Crippen molar-refractivity contribution in [1.29, 1.82) is 0 Å².